The van der Waals surface area contributed by atoms with Gasteiger partial charge in [-0.15, -0.1) is 0 Å². The summed E-state index contributed by atoms with van der Waals surface area (Å²) in [6.07, 6.45) is 7.87. The third-order valence-electron chi connectivity index (χ3n) is 12.1. The van der Waals surface area contributed by atoms with Crippen molar-refractivity contribution >= 4 is 134 Å². The Labute approximate surface area is 472 Å². The molecule has 12 nitrogen and oxygen atoms in total. The number of hydrogen-bond acceptors (Lipinski definition) is 10. The molecule has 9 rings (SSSR count). The first-order valence-corrected chi connectivity index (χ1v) is 27.2. The lowest BCUT2D eigenvalue weighted by Gasteiger charge is -2.15. The number of aromatic nitrogens is 4. The molecule has 386 valence electrons. The maximum absolute atomic E-state index is 12.9. The van der Waals surface area contributed by atoms with Crippen molar-refractivity contribution in [1.82, 2.24) is 19.9 Å². The predicted octanol–water partition coefficient (Wildman–Crippen LogP) is 15.6. The monoisotopic (exact) mass is 1270 g/mol. The largest absolute Gasteiger partial charge is 0.426 e. The van der Waals surface area contributed by atoms with Crippen LogP contribution in [0.2, 0.25) is 0 Å². The minimum absolute atomic E-state index is 0.377. The standard InChI is InChI=1S/C60H50Br4N4O8/c1-57(2,61)53(69)73-37-17-9-33(10-18-37)49-41-25-27-43(65-41)50(34-11-19-38(20-12-34)74-54(70)58(3,4)62)45-29-31-47(67-45)52(36-15-23-40(24-16-36)76-56(72)60(7,8)64)48-32-30-46(68-48)51(44-28-26-42(49)66-44)35-13-21-39(22-14-35)75-55(71)59(5,6)63/h9-32,65,68H,1-8H3. The number of carbonyl (C=O) groups is 4. The van der Waals surface area contributed by atoms with Gasteiger partial charge in [-0.3, -0.25) is 19.2 Å². The summed E-state index contributed by atoms with van der Waals surface area (Å²) in [4.78, 5) is 69.8. The SMILES string of the molecule is CC(C)(Br)C(=O)Oc1ccc(-c2c3nc(c(-c4ccc(OC(=O)C(C)(C)Br)cc4)c4ccc([nH]4)c(-c4ccc(OC(=O)C(C)(C)Br)cc4)c4nc(c(-c5ccc(OC(=O)C(C)(C)Br)cc5)c5ccc2[nH]5)C=C4)C=C3)cc1. The van der Waals surface area contributed by atoms with Gasteiger partial charge in [0, 0.05) is 44.3 Å². The highest BCUT2D eigenvalue weighted by Crippen LogP contribution is 2.40. The Bertz CT molecular complexity index is 3210. The molecule has 0 unspecified atom stereocenters. The fraction of sp³-hybridized carbons (Fsp3) is 0.200. The van der Waals surface area contributed by atoms with Crippen molar-refractivity contribution in [1.29, 1.82) is 0 Å². The number of rotatable bonds is 12. The molecule has 0 radical (unpaired) electrons. The van der Waals surface area contributed by atoms with Crippen LogP contribution in [0.1, 0.15) is 78.2 Å². The van der Waals surface area contributed by atoms with Crippen LogP contribution < -0.4 is 18.9 Å². The number of nitrogens with zero attached hydrogens (tertiary/aromatic N) is 2. The van der Waals surface area contributed by atoms with Crippen LogP contribution in [0.25, 0.3) is 90.9 Å². The van der Waals surface area contributed by atoms with Crippen LogP contribution in [-0.4, -0.2) is 61.1 Å². The third kappa shape index (κ3) is 11.9. The van der Waals surface area contributed by atoms with Gasteiger partial charge in [-0.05, 0) is 175 Å². The van der Waals surface area contributed by atoms with E-state index in [1.54, 1.807) is 104 Å². The van der Waals surface area contributed by atoms with Crippen LogP contribution in [0.15, 0.2) is 121 Å². The van der Waals surface area contributed by atoms with Crippen LogP contribution in [-0.2, 0) is 19.2 Å². The van der Waals surface area contributed by atoms with Crippen molar-refractivity contribution in [2.24, 2.45) is 0 Å². The minimum Gasteiger partial charge on any atom is -0.426 e. The summed E-state index contributed by atoms with van der Waals surface area (Å²) < 4.78 is 19.4. The smallest absolute Gasteiger partial charge is 0.327 e. The van der Waals surface area contributed by atoms with E-state index < -0.39 is 41.2 Å². The number of aromatic amines is 2. The van der Waals surface area contributed by atoms with Gasteiger partial charge in [0.05, 0.1) is 22.8 Å². The molecule has 0 amide bonds. The van der Waals surface area contributed by atoms with E-state index in [-0.39, 0.29) is 0 Å². The first kappa shape index (κ1) is 54.1. The van der Waals surface area contributed by atoms with E-state index in [1.807, 2.05) is 97.1 Å². The molecule has 2 N–H and O–H groups in total. The van der Waals surface area contributed by atoms with E-state index >= 15 is 0 Å². The molecular formula is C60H50Br4N4O8. The molecule has 2 aliphatic heterocycles. The normalized spacial score (nSPS) is 12.6. The fourth-order valence-electron chi connectivity index (χ4n) is 8.09. The summed E-state index contributed by atoms with van der Waals surface area (Å²) in [6.45, 7) is 13.8. The highest BCUT2D eigenvalue weighted by atomic mass is 79.9. The van der Waals surface area contributed by atoms with Crippen molar-refractivity contribution in [3.05, 3.63) is 144 Å². The van der Waals surface area contributed by atoms with Crippen LogP contribution in [0.5, 0.6) is 23.0 Å². The first-order chi connectivity index (χ1) is 35.8. The predicted molar refractivity (Wildman–Crippen MR) is 315 cm³/mol. The number of nitrogens with one attached hydrogen (secondary N) is 2. The Morgan fingerprint density at radius 1 is 0.329 bits per heavy atom. The summed E-state index contributed by atoms with van der Waals surface area (Å²) in [5.41, 5.74) is 11.7. The van der Waals surface area contributed by atoms with E-state index in [1.165, 1.54) is 0 Å². The van der Waals surface area contributed by atoms with Gasteiger partial charge in [-0.1, -0.05) is 112 Å². The number of carbonyl (C=O) groups excluding carboxylic acids is 4. The number of benzene rings is 4. The number of H-pyrrole nitrogens is 2. The molecule has 76 heavy (non-hydrogen) atoms. The molecule has 4 aromatic carbocycles. The van der Waals surface area contributed by atoms with Crippen LogP contribution in [0.4, 0.5) is 0 Å². The Balaban J connectivity index is 1.33. The molecule has 0 aliphatic carbocycles. The number of hydrogen-bond donors (Lipinski definition) is 2. The van der Waals surface area contributed by atoms with E-state index in [9.17, 15) is 19.2 Å². The first-order valence-electron chi connectivity index (χ1n) is 24.0. The molecule has 2 aliphatic rings. The van der Waals surface area contributed by atoms with Gasteiger partial charge >= 0.3 is 23.9 Å². The van der Waals surface area contributed by atoms with Gasteiger partial charge in [0.2, 0.25) is 0 Å². The van der Waals surface area contributed by atoms with E-state index in [0.29, 0.717) is 45.8 Å². The number of halogens is 4. The zero-order chi connectivity index (χ0) is 54.5. The number of fused-ring (bicyclic) bond motifs is 8. The van der Waals surface area contributed by atoms with E-state index in [0.717, 1.165) is 66.6 Å². The Kier molecular flexibility index (Phi) is 15.0. The summed E-state index contributed by atoms with van der Waals surface area (Å²) in [5, 5.41) is 0. The van der Waals surface area contributed by atoms with Crippen molar-refractivity contribution in [3.63, 3.8) is 0 Å². The molecule has 5 heterocycles. The van der Waals surface area contributed by atoms with Gasteiger partial charge in [0.15, 0.2) is 0 Å². The molecule has 0 atom stereocenters. The second-order valence-electron chi connectivity index (χ2n) is 20.0. The lowest BCUT2D eigenvalue weighted by molar-refractivity contribution is -0.136. The van der Waals surface area contributed by atoms with Gasteiger partial charge in [-0.2, -0.15) is 0 Å². The highest BCUT2D eigenvalue weighted by molar-refractivity contribution is 9.10. The molecule has 0 saturated carbocycles. The maximum atomic E-state index is 12.9. The van der Waals surface area contributed by atoms with Crippen LogP contribution in [0, 0.1) is 0 Å². The molecule has 0 saturated heterocycles. The topological polar surface area (TPSA) is 163 Å². The van der Waals surface area contributed by atoms with Gasteiger partial charge < -0.3 is 28.9 Å². The quantitative estimate of drug-likeness (QED) is 0.0684. The van der Waals surface area contributed by atoms with Crippen molar-refractivity contribution in [2.75, 3.05) is 0 Å². The Morgan fingerprint density at radius 3 is 0.684 bits per heavy atom. The van der Waals surface area contributed by atoms with Crippen LogP contribution in [0.3, 0.4) is 0 Å². The average molecular weight is 1270 g/mol. The van der Waals surface area contributed by atoms with Gasteiger partial charge in [0.1, 0.15) is 40.3 Å². The lowest BCUT2D eigenvalue weighted by Crippen LogP contribution is -2.29. The number of ether oxygens (including phenoxy) is 4. The van der Waals surface area contributed by atoms with Crippen LogP contribution >= 0.6 is 63.7 Å². The molecule has 8 bridgehead atoms. The summed E-state index contributed by atoms with van der Waals surface area (Å²) >= 11 is 13.6. The molecular weight excluding hydrogens is 1220 g/mol. The molecule has 0 fully saturated rings. The summed E-state index contributed by atoms with van der Waals surface area (Å²) in [6, 6.07) is 37.2. The fourth-order valence-corrected chi connectivity index (χ4v) is 8.42. The second-order valence-corrected chi connectivity index (χ2v) is 28.0. The lowest BCUT2D eigenvalue weighted by atomic mass is 10.0. The number of alkyl halides is 4. The molecule has 7 aromatic rings. The molecule has 3 aromatic heterocycles. The van der Waals surface area contributed by atoms with Crippen molar-refractivity contribution in [2.45, 2.75) is 72.7 Å². The highest BCUT2D eigenvalue weighted by Gasteiger charge is 2.30. The Hall–Kier alpha value is -6.72. The van der Waals surface area contributed by atoms with Crippen molar-refractivity contribution < 1.29 is 38.1 Å². The summed E-state index contributed by atoms with van der Waals surface area (Å²) in [5.74, 6) is -0.240. The minimum atomic E-state index is -0.891. The van der Waals surface area contributed by atoms with Gasteiger partial charge in [0.25, 0.3) is 0 Å². The molecule has 0 spiro atoms. The maximum Gasteiger partial charge on any atom is 0.327 e. The third-order valence-corrected chi connectivity index (χ3v) is 13.4. The van der Waals surface area contributed by atoms with E-state index in [4.69, 9.17) is 28.9 Å². The van der Waals surface area contributed by atoms with Crippen molar-refractivity contribution in [3.8, 4) is 67.5 Å². The number of esters is 4. The Morgan fingerprint density at radius 2 is 0.513 bits per heavy atom. The average Bonchev–Trinajstić information content (AvgIpc) is 4.21. The second kappa shape index (κ2) is 21.0. The van der Waals surface area contributed by atoms with E-state index in [2.05, 4.69) is 73.7 Å². The zero-order valence-corrected chi connectivity index (χ0v) is 48.9. The molecule has 16 heteroatoms. The summed E-state index contributed by atoms with van der Waals surface area (Å²) in [7, 11) is 0. The zero-order valence-electron chi connectivity index (χ0n) is 42.5. The van der Waals surface area contributed by atoms with Gasteiger partial charge in [-0.25, -0.2) is 9.97 Å².